The van der Waals surface area contributed by atoms with Crippen LogP contribution < -0.4 is 5.32 Å². The Morgan fingerprint density at radius 2 is 2.00 bits per heavy atom. The van der Waals surface area contributed by atoms with Crippen molar-refractivity contribution in [1.82, 2.24) is 10.3 Å². The van der Waals surface area contributed by atoms with E-state index in [-0.39, 0.29) is 23.4 Å². The summed E-state index contributed by atoms with van der Waals surface area (Å²) in [6.07, 6.45) is -0.657. The third kappa shape index (κ3) is 4.68. The number of ether oxygens (including phenoxy) is 2. The summed E-state index contributed by atoms with van der Waals surface area (Å²) in [6, 6.07) is 5.31. The summed E-state index contributed by atoms with van der Waals surface area (Å²) in [5.74, 6) is -1.09. The van der Waals surface area contributed by atoms with Gasteiger partial charge in [0.15, 0.2) is 0 Å². The van der Waals surface area contributed by atoms with Gasteiger partial charge in [-0.15, -0.1) is 0 Å². The molecule has 1 aromatic heterocycles. The van der Waals surface area contributed by atoms with Gasteiger partial charge in [-0.3, -0.25) is 0 Å². The number of alkyl carbamates (subject to hydrolysis) is 1. The SMILES string of the molecule is CCOC(=O)c1cc2cccc(F)c2nc1C(C)NC(=O)OC(C)(C)C. The van der Waals surface area contributed by atoms with Crippen molar-refractivity contribution in [2.24, 2.45) is 0 Å². The van der Waals surface area contributed by atoms with Crippen molar-refractivity contribution >= 4 is 23.0 Å². The van der Waals surface area contributed by atoms with Crippen LogP contribution in [0.4, 0.5) is 9.18 Å². The van der Waals surface area contributed by atoms with Gasteiger partial charge in [0.25, 0.3) is 0 Å². The van der Waals surface area contributed by atoms with Gasteiger partial charge >= 0.3 is 12.1 Å². The first-order chi connectivity index (χ1) is 12.1. The lowest BCUT2D eigenvalue weighted by Crippen LogP contribution is -2.35. The molecule has 7 heteroatoms. The summed E-state index contributed by atoms with van der Waals surface area (Å²) in [5, 5.41) is 3.09. The van der Waals surface area contributed by atoms with E-state index < -0.39 is 29.5 Å². The Morgan fingerprint density at radius 1 is 1.31 bits per heavy atom. The maximum atomic E-state index is 14.1. The van der Waals surface area contributed by atoms with Crippen molar-refractivity contribution < 1.29 is 23.5 Å². The Kier molecular flexibility index (Phi) is 5.79. The molecule has 2 rings (SSSR count). The van der Waals surface area contributed by atoms with E-state index in [1.54, 1.807) is 40.7 Å². The highest BCUT2D eigenvalue weighted by Crippen LogP contribution is 2.24. The van der Waals surface area contributed by atoms with Gasteiger partial charge in [-0.25, -0.2) is 19.0 Å². The first kappa shape index (κ1) is 19.6. The highest BCUT2D eigenvalue weighted by atomic mass is 19.1. The van der Waals surface area contributed by atoms with E-state index in [1.165, 1.54) is 18.2 Å². The lowest BCUT2D eigenvalue weighted by Gasteiger charge is -2.22. The van der Waals surface area contributed by atoms with E-state index in [0.717, 1.165) is 0 Å². The van der Waals surface area contributed by atoms with E-state index in [4.69, 9.17) is 9.47 Å². The number of para-hydroxylation sites is 1. The molecular weight excluding hydrogens is 339 g/mol. The van der Waals surface area contributed by atoms with Gasteiger partial charge in [-0.2, -0.15) is 0 Å². The number of carbonyl (C=O) groups excluding carboxylic acids is 2. The van der Waals surface area contributed by atoms with Crippen LogP contribution in [0.2, 0.25) is 0 Å². The number of nitrogens with one attached hydrogen (secondary N) is 1. The molecule has 1 amide bonds. The Bertz CT molecular complexity index is 830. The van der Waals surface area contributed by atoms with Crippen LogP contribution >= 0.6 is 0 Å². The molecule has 0 saturated carbocycles. The molecule has 0 aliphatic heterocycles. The maximum absolute atomic E-state index is 14.1. The number of benzene rings is 1. The molecule has 0 fully saturated rings. The average Bonchev–Trinajstić information content (AvgIpc) is 2.52. The van der Waals surface area contributed by atoms with Gasteiger partial charge < -0.3 is 14.8 Å². The van der Waals surface area contributed by atoms with Crippen molar-refractivity contribution in [2.45, 2.75) is 46.3 Å². The van der Waals surface area contributed by atoms with E-state index in [2.05, 4.69) is 10.3 Å². The quantitative estimate of drug-likeness (QED) is 0.827. The minimum Gasteiger partial charge on any atom is -0.462 e. The van der Waals surface area contributed by atoms with Gasteiger partial charge in [0, 0.05) is 5.39 Å². The van der Waals surface area contributed by atoms with E-state index in [0.29, 0.717) is 5.39 Å². The molecule has 0 spiro atoms. The number of halogens is 1. The summed E-state index contributed by atoms with van der Waals surface area (Å²) in [7, 11) is 0. The second kappa shape index (κ2) is 7.68. The van der Waals surface area contributed by atoms with Crippen LogP contribution in [0.1, 0.15) is 56.7 Å². The highest BCUT2D eigenvalue weighted by Gasteiger charge is 2.24. The van der Waals surface area contributed by atoms with Crippen molar-refractivity contribution in [1.29, 1.82) is 0 Å². The molecule has 1 atom stereocenters. The Labute approximate surface area is 151 Å². The molecule has 1 unspecified atom stereocenters. The Morgan fingerprint density at radius 3 is 2.62 bits per heavy atom. The average molecular weight is 362 g/mol. The Hall–Kier alpha value is -2.70. The van der Waals surface area contributed by atoms with Crippen LogP contribution in [0, 0.1) is 5.82 Å². The van der Waals surface area contributed by atoms with Crippen molar-refractivity contribution in [2.75, 3.05) is 6.61 Å². The summed E-state index contributed by atoms with van der Waals surface area (Å²) in [5.41, 5.74) is -0.162. The number of pyridine rings is 1. The molecule has 1 N–H and O–H groups in total. The van der Waals surface area contributed by atoms with Crippen molar-refractivity contribution in [3.63, 3.8) is 0 Å². The largest absolute Gasteiger partial charge is 0.462 e. The fraction of sp³-hybridized carbons (Fsp3) is 0.421. The molecule has 0 bridgehead atoms. The molecule has 2 aromatic rings. The lowest BCUT2D eigenvalue weighted by molar-refractivity contribution is 0.0488. The van der Waals surface area contributed by atoms with Crippen molar-refractivity contribution in [3.8, 4) is 0 Å². The molecule has 6 nitrogen and oxygen atoms in total. The summed E-state index contributed by atoms with van der Waals surface area (Å²) in [4.78, 5) is 28.6. The fourth-order valence-electron chi connectivity index (χ4n) is 2.43. The van der Waals surface area contributed by atoms with Crippen molar-refractivity contribution in [3.05, 3.63) is 41.3 Å². The molecule has 0 saturated heterocycles. The van der Waals surface area contributed by atoms with Crippen LogP contribution in [-0.2, 0) is 9.47 Å². The molecule has 0 aliphatic rings. The number of fused-ring (bicyclic) bond motifs is 1. The molecule has 26 heavy (non-hydrogen) atoms. The zero-order chi connectivity index (χ0) is 19.5. The smallest absolute Gasteiger partial charge is 0.408 e. The third-order valence-electron chi connectivity index (χ3n) is 3.46. The molecule has 0 radical (unpaired) electrons. The van der Waals surface area contributed by atoms with Gasteiger partial charge in [0.2, 0.25) is 0 Å². The minimum atomic E-state index is -0.687. The van der Waals surface area contributed by atoms with Crippen LogP contribution in [0.25, 0.3) is 10.9 Å². The van der Waals surface area contributed by atoms with Gasteiger partial charge in [0.1, 0.15) is 16.9 Å². The summed E-state index contributed by atoms with van der Waals surface area (Å²) < 4.78 is 24.4. The minimum absolute atomic E-state index is 0.119. The summed E-state index contributed by atoms with van der Waals surface area (Å²) >= 11 is 0. The molecule has 0 aliphatic carbocycles. The molecule has 1 aromatic carbocycles. The van der Waals surface area contributed by atoms with Gasteiger partial charge in [0.05, 0.1) is 23.9 Å². The zero-order valence-corrected chi connectivity index (χ0v) is 15.6. The number of carbonyl (C=O) groups is 2. The number of hydrogen-bond acceptors (Lipinski definition) is 5. The van der Waals surface area contributed by atoms with Gasteiger partial charge in [-0.05, 0) is 46.8 Å². The first-order valence-electron chi connectivity index (χ1n) is 8.38. The standard InChI is InChI=1S/C19H23FN2O4/c1-6-25-17(23)13-10-12-8-7-9-14(20)16(12)22-15(13)11(2)21-18(24)26-19(3,4)5/h7-11H,6H2,1-5H3,(H,21,24). The topological polar surface area (TPSA) is 77.5 Å². The second-order valence-corrected chi connectivity index (χ2v) is 6.82. The third-order valence-corrected chi connectivity index (χ3v) is 3.46. The predicted octanol–water partition coefficient (Wildman–Crippen LogP) is 4.14. The number of amides is 1. The number of rotatable bonds is 4. The molecule has 140 valence electrons. The van der Waals surface area contributed by atoms with Crippen LogP contribution in [0.15, 0.2) is 24.3 Å². The van der Waals surface area contributed by atoms with E-state index >= 15 is 0 Å². The monoisotopic (exact) mass is 362 g/mol. The highest BCUT2D eigenvalue weighted by molar-refractivity contribution is 5.95. The van der Waals surface area contributed by atoms with Crippen LogP contribution in [0.3, 0.4) is 0 Å². The number of nitrogens with zero attached hydrogens (tertiary/aromatic N) is 1. The Balaban J connectivity index is 2.45. The maximum Gasteiger partial charge on any atom is 0.408 e. The number of esters is 1. The predicted molar refractivity (Wildman–Crippen MR) is 95.4 cm³/mol. The molecule has 1 heterocycles. The summed E-state index contributed by atoms with van der Waals surface area (Å²) in [6.45, 7) is 8.74. The van der Waals surface area contributed by atoms with E-state index in [1.807, 2.05) is 0 Å². The lowest BCUT2D eigenvalue weighted by atomic mass is 10.0. The fourth-order valence-corrected chi connectivity index (χ4v) is 2.43. The number of aromatic nitrogens is 1. The number of hydrogen-bond donors (Lipinski definition) is 1. The van der Waals surface area contributed by atoms with Crippen LogP contribution in [-0.4, -0.2) is 29.3 Å². The normalized spacial score (nSPS) is 12.5. The first-order valence-corrected chi connectivity index (χ1v) is 8.38. The zero-order valence-electron chi connectivity index (χ0n) is 15.6. The van der Waals surface area contributed by atoms with E-state index in [9.17, 15) is 14.0 Å². The van der Waals surface area contributed by atoms with Gasteiger partial charge in [-0.1, -0.05) is 12.1 Å². The van der Waals surface area contributed by atoms with Crippen LogP contribution in [0.5, 0.6) is 0 Å². The second-order valence-electron chi connectivity index (χ2n) is 6.82. The molecular formula is C19H23FN2O4.